The van der Waals surface area contributed by atoms with Crippen molar-refractivity contribution in [2.75, 3.05) is 44.2 Å². The van der Waals surface area contributed by atoms with E-state index in [1.165, 1.54) is 0 Å². The summed E-state index contributed by atoms with van der Waals surface area (Å²) < 4.78 is 23.0. The van der Waals surface area contributed by atoms with Crippen LogP contribution in [0.4, 0.5) is 10.2 Å². The van der Waals surface area contributed by atoms with Gasteiger partial charge in [0.05, 0.1) is 16.5 Å². The molecule has 4 N–H and O–H groups in total. The Hall–Kier alpha value is -3.60. The molecule has 8 rings (SSSR count). The number of aromatic nitrogens is 3. The molecule has 10 heteroatoms. The molecule has 2 aromatic carbocycles. The highest BCUT2D eigenvalue weighted by Crippen LogP contribution is 2.47. The number of nitrogens with two attached hydrogens (primary N) is 1. The van der Waals surface area contributed by atoms with Crippen molar-refractivity contribution in [1.29, 1.82) is 0 Å². The van der Waals surface area contributed by atoms with Gasteiger partial charge in [0, 0.05) is 43.2 Å². The second-order valence-corrected chi connectivity index (χ2v) is 13.0. The summed E-state index contributed by atoms with van der Waals surface area (Å²) in [7, 11) is 0. The first-order chi connectivity index (χ1) is 20.9. The second-order valence-electron chi connectivity index (χ2n) is 13.0. The fraction of sp³-hybridized carbons (Fsp3) is 0.485. The third-order valence-electron chi connectivity index (χ3n) is 10.8. The lowest BCUT2D eigenvalue weighted by Gasteiger charge is -2.44. The van der Waals surface area contributed by atoms with Crippen molar-refractivity contribution in [3.8, 4) is 23.0 Å². The molecule has 0 spiro atoms. The van der Waals surface area contributed by atoms with Crippen LogP contribution in [0.25, 0.3) is 32.9 Å². The lowest BCUT2D eigenvalue weighted by atomic mass is 9.80. The average Bonchev–Trinajstić information content (AvgIpc) is 3.63. The molecule has 2 aromatic heterocycles. The molecule has 224 valence electrons. The first-order valence-electron chi connectivity index (χ1n) is 15.5. The maximum Gasteiger partial charge on any atom is 0.319 e. The molecule has 4 fully saturated rings. The Morgan fingerprint density at radius 3 is 2.51 bits per heavy atom. The van der Waals surface area contributed by atoms with E-state index in [1.54, 1.807) is 18.3 Å². The van der Waals surface area contributed by atoms with Crippen molar-refractivity contribution in [3.63, 3.8) is 0 Å². The first-order valence-corrected chi connectivity index (χ1v) is 15.5. The molecule has 2 bridgehead atoms. The van der Waals surface area contributed by atoms with Gasteiger partial charge in [0.1, 0.15) is 29.4 Å². The van der Waals surface area contributed by atoms with Gasteiger partial charge in [0.25, 0.3) is 0 Å². The largest absolute Gasteiger partial charge is 0.508 e. The van der Waals surface area contributed by atoms with E-state index in [4.69, 9.17) is 15.5 Å². The number of pyridine rings is 1. The maximum absolute atomic E-state index is 16.7. The zero-order valence-electron chi connectivity index (χ0n) is 24.2. The molecule has 5 heterocycles. The molecule has 4 aromatic rings. The number of rotatable bonds is 6. The number of piperidine rings is 1. The minimum absolute atomic E-state index is 0.00537. The molecule has 2 atom stereocenters. The molecule has 43 heavy (non-hydrogen) atoms. The predicted octanol–water partition coefficient (Wildman–Crippen LogP) is 4.23. The summed E-state index contributed by atoms with van der Waals surface area (Å²) in [6.45, 7) is 3.98. The Balaban J connectivity index is 1.25. The van der Waals surface area contributed by atoms with Gasteiger partial charge in [0.15, 0.2) is 5.82 Å². The number of halogens is 1. The number of aliphatic hydroxyl groups is 1. The molecular weight excluding hydrogens is 547 g/mol. The van der Waals surface area contributed by atoms with Crippen molar-refractivity contribution in [2.45, 2.75) is 49.7 Å². The topological polar surface area (TPSA) is 121 Å². The van der Waals surface area contributed by atoms with Crippen molar-refractivity contribution in [2.24, 2.45) is 17.6 Å². The maximum atomic E-state index is 16.7. The minimum atomic E-state index is -0.890. The Morgan fingerprint density at radius 2 is 1.77 bits per heavy atom. The number of hydrogen-bond acceptors (Lipinski definition) is 9. The van der Waals surface area contributed by atoms with Gasteiger partial charge < -0.3 is 25.6 Å². The Kier molecular flexibility index (Phi) is 6.26. The molecule has 0 amide bonds. The van der Waals surface area contributed by atoms with Crippen LogP contribution in [0.1, 0.15) is 38.5 Å². The molecular formula is C33H37FN6O3. The Bertz CT molecular complexity index is 1710. The van der Waals surface area contributed by atoms with Crippen LogP contribution in [0, 0.1) is 17.7 Å². The lowest BCUT2D eigenvalue weighted by Crippen LogP contribution is -2.57. The van der Waals surface area contributed by atoms with Crippen LogP contribution in [0.15, 0.2) is 42.6 Å². The fourth-order valence-electron chi connectivity index (χ4n) is 8.51. The van der Waals surface area contributed by atoms with E-state index in [2.05, 4.69) is 19.8 Å². The summed E-state index contributed by atoms with van der Waals surface area (Å²) in [5, 5.41) is 23.9. The number of benzene rings is 2. The summed E-state index contributed by atoms with van der Waals surface area (Å²) in [5.74, 6) is 0.0377. The number of aromatic hydroxyl groups is 1. The van der Waals surface area contributed by atoms with E-state index in [1.807, 2.05) is 24.3 Å². The highest BCUT2D eigenvalue weighted by molar-refractivity contribution is 5.99. The number of hydrogen-bond donors (Lipinski definition) is 3. The van der Waals surface area contributed by atoms with Crippen molar-refractivity contribution < 1.29 is 19.3 Å². The van der Waals surface area contributed by atoms with Crippen LogP contribution >= 0.6 is 0 Å². The highest BCUT2D eigenvalue weighted by Gasteiger charge is 2.52. The number of phenolic OH excluding ortho intramolecular Hbond substituents is 1. The van der Waals surface area contributed by atoms with Gasteiger partial charge in [-0.15, -0.1) is 0 Å². The SMILES string of the molecule is NCC1(O)C2CCC1CN(c1nc(OCC34CCCN3CCC4)nc3c(F)c(-c4cc(O)cc5ccccc45)ncc13)C2. The third kappa shape index (κ3) is 4.17. The molecule has 9 nitrogen and oxygen atoms in total. The van der Waals surface area contributed by atoms with Gasteiger partial charge in [-0.25, -0.2) is 4.39 Å². The van der Waals surface area contributed by atoms with E-state index in [0.29, 0.717) is 36.5 Å². The van der Waals surface area contributed by atoms with Crippen LogP contribution in [0.5, 0.6) is 11.8 Å². The van der Waals surface area contributed by atoms with Gasteiger partial charge in [0.2, 0.25) is 0 Å². The lowest BCUT2D eigenvalue weighted by molar-refractivity contribution is -0.0361. The minimum Gasteiger partial charge on any atom is -0.508 e. The number of ether oxygens (including phenoxy) is 1. The normalized spacial score (nSPS) is 26.4. The van der Waals surface area contributed by atoms with E-state index >= 15 is 4.39 Å². The highest BCUT2D eigenvalue weighted by atomic mass is 19.1. The zero-order valence-corrected chi connectivity index (χ0v) is 24.2. The quantitative estimate of drug-likeness (QED) is 0.306. The zero-order chi connectivity index (χ0) is 29.3. The number of nitrogens with zero attached hydrogens (tertiary/aromatic N) is 5. The summed E-state index contributed by atoms with van der Waals surface area (Å²) in [4.78, 5) is 18.8. The average molecular weight is 585 g/mol. The summed E-state index contributed by atoms with van der Waals surface area (Å²) in [6, 6.07) is 10.9. The molecule has 4 aliphatic rings. The van der Waals surface area contributed by atoms with Crippen LogP contribution in [-0.4, -0.2) is 80.5 Å². The molecule has 3 aliphatic heterocycles. The predicted molar refractivity (Wildman–Crippen MR) is 163 cm³/mol. The summed E-state index contributed by atoms with van der Waals surface area (Å²) in [5.41, 5.74) is 5.89. The van der Waals surface area contributed by atoms with Gasteiger partial charge in [-0.3, -0.25) is 9.88 Å². The van der Waals surface area contributed by atoms with Crippen LogP contribution in [-0.2, 0) is 0 Å². The Labute approximate surface area is 249 Å². The van der Waals surface area contributed by atoms with E-state index in [0.717, 1.165) is 62.4 Å². The second kappa shape index (κ2) is 9.97. The number of anilines is 1. The van der Waals surface area contributed by atoms with Gasteiger partial charge in [-0.2, -0.15) is 9.97 Å². The number of fused-ring (bicyclic) bond motifs is 5. The van der Waals surface area contributed by atoms with Crippen LogP contribution in [0.2, 0.25) is 0 Å². The molecule has 1 saturated carbocycles. The Morgan fingerprint density at radius 1 is 1.02 bits per heavy atom. The van der Waals surface area contributed by atoms with Crippen molar-refractivity contribution in [1.82, 2.24) is 19.9 Å². The van der Waals surface area contributed by atoms with E-state index < -0.39 is 11.4 Å². The van der Waals surface area contributed by atoms with E-state index in [9.17, 15) is 10.2 Å². The smallest absolute Gasteiger partial charge is 0.319 e. The van der Waals surface area contributed by atoms with Crippen LogP contribution in [0.3, 0.4) is 0 Å². The van der Waals surface area contributed by atoms with Crippen molar-refractivity contribution >= 4 is 27.5 Å². The van der Waals surface area contributed by atoms with E-state index in [-0.39, 0.29) is 46.9 Å². The third-order valence-corrected chi connectivity index (χ3v) is 10.8. The first kappa shape index (κ1) is 27.0. The van der Waals surface area contributed by atoms with Gasteiger partial charge in [-0.1, -0.05) is 24.3 Å². The van der Waals surface area contributed by atoms with Crippen LogP contribution < -0.4 is 15.4 Å². The molecule has 1 aliphatic carbocycles. The molecule has 0 radical (unpaired) electrons. The standard InChI is InChI=1S/C33H37FN6O3/c34-27-28(25-14-23(41)13-20-5-1-2-6-24(20)25)36-15-26-29(27)37-31(43-19-32-9-3-11-40(32)12-4-10-32)38-30(26)39-16-21-7-8-22(17-39)33(21,42)18-35/h1-2,5-6,13-15,21-22,41-42H,3-4,7-12,16-19,35H2. The summed E-state index contributed by atoms with van der Waals surface area (Å²) >= 11 is 0. The monoisotopic (exact) mass is 584 g/mol. The van der Waals surface area contributed by atoms with Gasteiger partial charge >= 0.3 is 6.01 Å². The molecule has 3 saturated heterocycles. The summed E-state index contributed by atoms with van der Waals surface area (Å²) in [6.07, 6.45) is 7.86. The molecule has 2 unspecified atom stereocenters. The fourth-order valence-corrected chi connectivity index (χ4v) is 8.51. The number of phenols is 1. The van der Waals surface area contributed by atoms with Crippen molar-refractivity contribution in [3.05, 3.63) is 48.4 Å². The van der Waals surface area contributed by atoms with Gasteiger partial charge in [-0.05, 0) is 74.5 Å².